The maximum atomic E-state index is 11.7. The fourth-order valence-corrected chi connectivity index (χ4v) is 2.90. The lowest BCUT2D eigenvalue weighted by Gasteiger charge is -2.38. The highest BCUT2D eigenvalue weighted by Crippen LogP contribution is 2.33. The van der Waals surface area contributed by atoms with Gasteiger partial charge in [0.2, 0.25) is 0 Å². The number of hydrogen-bond donors (Lipinski definition) is 1. The van der Waals surface area contributed by atoms with Gasteiger partial charge in [-0.1, -0.05) is 0 Å². The number of ether oxygens (including phenoxy) is 1. The standard InChI is InChI=1S/C11H18N2O2/c14-11-13(9-2-1-3-9)10(7-15-11)8-4-5-12-6-8/h8-10,12H,1-7H2. The van der Waals surface area contributed by atoms with E-state index < -0.39 is 0 Å². The number of rotatable bonds is 2. The molecule has 3 aliphatic rings. The molecule has 2 aliphatic heterocycles. The molecule has 1 N–H and O–H groups in total. The molecule has 0 aromatic heterocycles. The van der Waals surface area contributed by atoms with Crippen molar-refractivity contribution in [1.82, 2.24) is 10.2 Å². The van der Waals surface area contributed by atoms with E-state index in [4.69, 9.17) is 4.74 Å². The molecule has 4 nitrogen and oxygen atoms in total. The van der Waals surface area contributed by atoms with Crippen LogP contribution in [0.25, 0.3) is 0 Å². The summed E-state index contributed by atoms with van der Waals surface area (Å²) in [6.45, 7) is 2.75. The molecular weight excluding hydrogens is 192 g/mol. The van der Waals surface area contributed by atoms with E-state index in [0.29, 0.717) is 24.6 Å². The van der Waals surface area contributed by atoms with Gasteiger partial charge in [0.1, 0.15) is 6.61 Å². The second-order valence-electron chi connectivity index (χ2n) is 4.89. The van der Waals surface area contributed by atoms with Crippen molar-refractivity contribution in [1.29, 1.82) is 0 Å². The molecule has 84 valence electrons. The zero-order valence-corrected chi connectivity index (χ0v) is 8.95. The molecule has 2 heterocycles. The van der Waals surface area contributed by atoms with E-state index in [1.807, 2.05) is 4.90 Å². The second kappa shape index (κ2) is 3.67. The Morgan fingerprint density at radius 2 is 2.20 bits per heavy atom. The Bertz CT molecular complexity index is 259. The van der Waals surface area contributed by atoms with Gasteiger partial charge < -0.3 is 10.1 Å². The van der Waals surface area contributed by atoms with Crippen LogP contribution in [0.2, 0.25) is 0 Å². The summed E-state index contributed by atoms with van der Waals surface area (Å²) >= 11 is 0. The summed E-state index contributed by atoms with van der Waals surface area (Å²) in [4.78, 5) is 13.7. The third kappa shape index (κ3) is 1.51. The van der Waals surface area contributed by atoms with Gasteiger partial charge in [0.05, 0.1) is 6.04 Å². The van der Waals surface area contributed by atoms with Crippen molar-refractivity contribution < 1.29 is 9.53 Å². The first-order chi connectivity index (χ1) is 7.36. The van der Waals surface area contributed by atoms with Crippen LogP contribution in [-0.2, 0) is 4.74 Å². The molecule has 1 aliphatic carbocycles. The minimum Gasteiger partial charge on any atom is -0.447 e. The molecule has 4 heteroatoms. The van der Waals surface area contributed by atoms with E-state index in [2.05, 4.69) is 5.32 Å². The van der Waals surface area contributed by atoms with E-state index in [-0.39, 0.29) is 6.09 Å². The monoisotopic (exact) mass is 210 g/mol. The van der Waals surface area contributed by atoms with Crippen molar-refractivity contribution in [3.63, 3.8) is 0 Å². The van der Waals surface area contributed by atoms with Crippen LogP contribution in [0, 0.1) is 5.92 Å². The minimum absolute atomic E-state index is 0.0726. The fraction of sp³-hybridized carbons (Fsp3) is 0.909. The fourth-order valence-electron chi connectivity index (χ4n) is 2.90. The Kier molecular flexibility index (Phi) is 2.31. The van der Waals surface area contributed by atoms with Gasteiger partial charge in [0, 0.05) is 12.6 Å². The third-order valence-corrected chi connectivity index (χ3v) is 4.06. The summed E-state index contributed by atoms with van der Waals surface area (Å²) in [7, 11) is 0. The van der Waals surface area contributed by atoms with Gasteiger partial charge in [0.25, 0.3) is 0 Å². The highest BCUT2D eigenvalue weighted by Gasteiger charge is 2.44. The van der Waals surface area contributed by atoms with Gasteiger partial charge in [-0.2, -0.15) is 0 Å². The molecule has 1 amide bonds. The van der Waals surface area contributed by atoms with Gasteiger partial charge in [0.15, 0.2) is 0 Å². The minimum atomic E-state index is -0.0726. The molecule has 0 radical (unpaired) electrons. The Labute approximate surface area is 90.0 Å². The quantitative estimate of drug-likeness (QED) is 0.738. The van der Waals surface area contributed by atoms with E-state index in [0.717, 1.165) is 13.1 Å². The van der Waals surface area contributed by atoms with Crippen LogP contribution in [0.3, 0.4) is 0 Å². The zero-order valence-electron chi connectivity index (χ0n) is 8.95. The maximum absolute atomic E-state index is 11.7. The molecule has 0 bridgehead atoms. The van der Waals surface area contributed by atoms with E-state index in [9.17, 15) is 4.79 Å². The molecule has 3 fully saturated rings. The number of cyclic esters (lactones) is 1. The summed E-state index contributed by atoms with van der Waals surface area (Å²) in [6.07, 6.45) is 4.73. The van der Waals surface area contributed by atoms with Gasteiger partial charge in [-0.3, -0.25) is 4.90 Å². The van der Waals surface area contributed by atoms with Crippen molar-refractivity contribution in [3.05, 3.63) is 0 Å². The summed E-state index contributed by atoms with van der Waals surface area (Å²) in [5.41, 5.74) is 0. The predicted molar refractivity (Wildman–Crippen MR) is 55.6 cm³/mol. The van der Waals surface area contributed by atoms with Crippen LogP contribution in [0.1, 0.15) is 25.7 Å². The highest BCUT2D eigenvalue weighted by molar-refractivity contribution is 5.70. The first kappa shape index (κ1) is 9.46. The Morgan fingerprint density at radius 3 is 2.80 bits per heavy atom. The lowest BCUT2D eigenvalue weighted by atomic mass is 9.88. The number of carbonyl (C=O) groups is 1. The Balaban J connectivity index is 1.72. The summed E-state index contributed by atoms with van der Waals surface area (Å²) in [6, 6.07) is 0.823. The number of nitrogens with one attached hydrogen (secondary N) is 1. The predicted octanol–water partition coefficient (Wildman–Crippen LogP) is 0.969. The van der Waals surface area contributed by atoms with Crippen molar-refractivity contribution >= 4 is 6.09 Å². The zero-order chi connectivity index (χ0) is 10.3. The lowest BCUT2D eigenvalue weighted by Crippen LogP contribution is -2.49. The topological polar surface area (TPSA) is 41.6 Å². The molecule has 2 unspecified atom stereocenters. The Hall–Kier alpha value is -0.770. The average Bonchev–Trinajstić information content (AvgIpc) is 2.74. The molecular formula is C11H18N2O2. The highest BCUT2D eigenvalue weighted by atomic mass is 16.6. The van der Waals surface area contributed by atoms with Crippen LogP contribution in [0.4, 0.5) is 4.79 Å². The Morgan fingerprint density at radius 1 is 1.33 bits per heavy atom. The van der Waals surface area contributed by atoms with E-state index in [1.165, 1.54) is 25.7 Å². The smallest absolute Gasteiger partial charge is 0.410 e. The molecule has 15 heavy (non-hydrogen) atoms. The second-order valence-corrected chi connectivity index (χ2v) is 4.89. The van der Waals surface area contributed by atoms with Crippen molar-refractivity contribution in [2.24, 2.45) is 5.92 Å². The van der Waals surface area contributed by atoms with Gasteiger partial charge >= 0.3 is 6.09 Å². The first-order valence-corrected chi connectivity index (χ1v) is 6.02. The largest absolute Gasteiger partial charge is 0.447 e. The third-order valence-electron chi connectivity index (χ3n) is 4.06. The molecule has 0 aromatic rings. The maximum Gasteiger partial charge on any atom is 0.410 e. The van der Waals surface area contributed by atoms with Crippen molar-refractivity contribution in [2.75, 3.05) is 19.7 Å². The van der Waals surface area contributed by atoms with Crippen LogP contribution >= 0.6 is 0 Å². The SMILES string of the molecule is O=C1OCC(C2CCNC2)N1C1CCC1. The van der Waals surface area contributed by atoms with Crippen LogP contribution in [0.5, 0.6) is 0 Å². The lowest BCUT2D eigenvalue weighted by molar-refractivity contribution is 0.106. The summed E-state index contributed by atoms with van der Waals surface area (Å²) in [5, 5.41) is 3.37. The van der Waals surface area contributed by atoms with Crippen LogP contribution < -0.4 is 5.32 Å². The van der Waals surface area contributed by atoms with Gasteiger partial charge in [-0.25, -0.2) is 4.79 Å². The van der Waals surface area contributed by atoms with Gasteiger partial charge in [-0.05, 0) is 38.1 Å². The van der Waals surface area contributed by atoms with Crippen LogP contribution in [-0.4, -0.2) is 42.8 Å². The summed E-state index contributed by atoms with van der Waals surface area (Å²) in [5.74, 6) is 0.608. The normalized spacial score (nSPS) is 36.8. The number of amides is 1. The first-order valence-electron chi connectivity index (χ1n) is 6.02. The van der Waals surface area contributed by atoms with Crippen LogP contribution in [0.15, 0.2) is 0 Å². The average molecular weight is 210 g/mol. The number of hydrogen-bond acceptors (Lipinski definition) is 3. The van der Waals surface area contributed by atoms with E-state index in [1.54, 1.807) is 0 Å². The van der Waals surface area contributed by atoms with Crippen molar-refractivity contribution in [3.8, 4) is 0 Å². The molecule has 1 saturated carbocycles. The number of nitrogens with zero attached hydrogens (tertiary/aromatic N) is 1. The molecule has 2 atom stereocenters. The molecule has 0 spiro atoms. The number of carbonyl (C=O) groups excluding carboxylic acids is 1. The van der Waals surface area contributed by atoms with E-state index >= 15 is 0 Å². The van der Waals surface area contributed by atoms with Crippen molar-refractivity contribution in [2.45, 2.75) is 37.8 Å². The molecule has 3 rings (SSSR count). The van der Waals surface area contributed by atoms with Gasteiger partial charge in [-0.15, -0.1) is 0 Å². The summed E-state index contributed by atoms with van der Waals surface area (Å²) < 4.78 is 5.21. The molecule has 2 saturated heterocycles. The molecule has 0 aromatic carbocycles.